The van der Waals surface area contributed by atoms with E-state index in [0.717, 1.165) is 31.3 Å². The van der Waals surface area contributed by atoms with Crippen LogP contribution in [0.15, 0.2) is 18.2 Å². The molecule has 1 saturated heterocycles. The number of nitrogens with zero attached hydrogens (tertiary/aromatic N) is 1. The number of hydrogen-bond donors (Lipinski definition) is 2. The minimum absolute atomic E-state index is 0.0893. The second-order valence-electron chi connectivity index (χ2n) is 4.43. The summed E-state index contributed by atoms with van der Waals surface area (Å²) in [5.41, 5.74) is -0.391. The van der Waals surface area contributed by atoms with Crippen LogP contribution in [0.5, 0.6) is 0 Å². The van der Waals surface area contributed by atoms with Crippen LogP contribution >= 0.6 is 0 Å². The highest BCUT2D eigenvalue weighted by Crippen LogP contribution is 2.26. The monoisotopic (exact) mass is 267 g/mol. The van der Waals surface area contributed by atoms with Crippen LogP contribution in [0, 0.1) is 21.8 Å². The topological polar surface area (TPSA) is 84.3 Å². The lowest BCUT2D eigenvalue weighted by molar-refractivity contribution is -0.384. The van der Waals surface area contributed by atoms with Gasteiger partial charge in [-0.15, -0.1) is 0 Å². The number of nitrogens with one attached hydrogen (secondary N) is 2. The van der Waals surface area contributed by atoms with Crippen molar-refractivity contribution >= 4 is 17.3 Å². The average Bonchev–Trinajstić information content (AvgIpc) is 2.39. The Morgan fingerprint density at radius 3 is 2.74 bits per heavy atom. The third-order valence-corrected chi connectivity index (χ3v) is 3.12. The van der Waals surface area contributed by atoms with Gasteiger partial charge in [0.05, 0.1) is 4.92 Å². The van der Waals surface area contributed by atoms with Crippen molar-refractivity contribution in [1.29, 1.82) is 0 Å². The van der Waals surface area contributed by atoms with Gasteiger partial charge in [0.1, 0.15) is 11.5 Å². The highest BCUT2D eigenvalue weighted by Gasteiger charge is 2.23. The van der Waals surface area contributed by atoms with Crippen LogP contribution in [0.25, 0.3) is 0 Å². The molecule has 0 spiro atoms. The average molecular weight is 267 g/mol. The van der Waals surface area contributed by atoms with E-state index in [9.17, 15) is 19.3 Å². The highest BCUT2D eigenvalue weighted by molar-refractivity contribution is 5.94. The van der Waals surface area contributed by atoms with Gasteiger partial charge in [0.25, 0.3) is 5.69 Å². The summed E-state index contributed by atoms with van der Waals surface area (Å²) in [5.74, 6) is -1.11. The number of nitro benzene ring substituents is 1. The molecule has 0 aromatic heterocycles. The molecule has 1 amide bonds. The lowest BCUT2D eigenvalue weighted by Gasteiger charge is -2.21. The standard InChI is InChI=1S/C12H14FN3O3/c13-9-1-2-11(16(18)19)10(7-9)15-12(17)8-3-5-14-6-4-8/h1-2,7-8,14H,3-6H2,(H,15,17). The molecule has 0 saturated carbocycles. The Morgan fingerprint density at radius 1 is 1.42 bits per heavy atom. The molecule has 1 fully saturated rings. The van der Waals surface area contributed by atoms with E-state index in [-0.39, 0.29) is 23.2 Å². The zero-order valence-corrected chi connectivity index (χ0v) is 10.2. The van der Waals surface area contributed by atoms with Gasteiger partial charge in [-0.25, -0.2) is 4.39 Å². The van der Waals surface area contributed by atoms with Crippen LogP contribution in [0.2, 0.25) is 0 Å². The SMILES string of the molecule is O=C(Nc1cc(F)ccc1[N+](=O)[O-])C1CCNCC1. The number of benzene rings is 1. The van der Waals surface area contributed by atoms with Crippen molar-refractivity contribution in [3.8, 4) is 0 Å². The minimum atomic E-state index is -0.641. The van der Waals surface area contributed by atoms with Crippen LogP contribution < -0.4 is 10.6 Å². The summed E-state index contributed by atoms with van der Waals surface area (Å²) in [7, 11) is 0. The number of carbonyl (C=O) groups excluding carboxylic acids is 1. The van der Waals surface area contributed by atoms with E-state index >= 15 is 0 Å². The molecule has 0 atom stereocenters. The summed E-state index contributed by atoms with van der Waals surface area (Å²) < 4.78 is 13.1. The number of carbonyl (C=O) groups is 1. The quantitative estimate of drug-likeness (QED) is 0.644. The molecular weight excluding hydrogens is 253 g/mol. The first-order chi connectivity index (χ1) is 9.08. The molecule has 1 heterocycles. The van der Waals surface area contributed by atoms with Crippen molar-refractivity contribution in [2.24, 2.45) is 5.92 Å². The molecule has 102 valence electrons. The molecule has 0 unspecified atom stereocenters. The number of piperidine rings is 1. The summed E-state index contributed by atoms with van der Waals surface area (Å²) in [6.45, 7) is 1.48. The lowest BCUT2D eigenvalue weighted by atomic mass is 9.97. The molecule has 2 N–H and O–H groups in total. The fourth-order valence-electron chi connectivity index (χ4n) is 2.09. The van der Waals surface area contributed by atoms with Crippen molar-refractivity contribution in [3.05, 3.63) is 34.1 Å². The van der Waals surface area contributed by atoms with Crippen LogP contribution in [0.1, 0.15) is 12.8 Å². The normalized spacial score (nSPS) is 16.1. The molecule has 6 nitrogen and oxygen atoms in total. The van der Waals surface area contributed by atoms with Gasteiger partial charge in [0.15, 0.2) is 0 Å². The van der Waals surface area contributed by atoms with Crippen molar-refractivity contribution in [2.45, 2.75) is 12.8 Å². The molecule has 0 aliphatic carbocycles. The van der Waals surface area contributed by atoms with Crippen molar-refractivity contribution < 1.29 is 14.1 Å². The van der Waals surface area contributed by atoms with E-state index in [0.29, 0.717) is 12.8 Å². The zero-order chi connectivity index (χ0) is 13.8. The van der Waals surface area contributed by atoms with Crippen molar-refractivity contribution in [1.82, 2.24) is 5.32 Å². The predicted molar refractivity (Wildman–Crippen MR) is 67.3 cm³/mol. The maximum absolute atomic E-state index is 13.1. The Hall–Kier alpha value is -2.02. The van der Waals surface area contributed by atoms with Gasteiger partial charge < -0.3 is 10.6 Å². The van der Waals surface area contributed by atoms with Gasteiger partial charge in [0, 0.05) is 18.1 Å². The van der Waals surface area contributed by atoms with Crippen molar-refractivity contribution in [3.63, 3.8) is 0 Å². The molecule has 0 radical (unpaired) electrons. The third-order valence-electron chi connectivity index (χ3n) is 3.12. The van der Waals surface area contributed by atoms with E-state index in [1.54, 1.807) is 0 Å². The molecular formula is C12H14FN3O3. The summed E-state index contributed by atoms with van der Waals surface area (Å²) in [6, 6.07) is 3.02. The zero-order valence-electron chi connectivity index (χ0n) is 10.2. The number of rotatable bonds is 3. The minimum Gasteiger partial charge on any atom is -0.320 e. The van der Waals surface area contributed by atoms with Crippen LogP contribution in [-0.4, -0.2) is 23.9 Å². The van der Waals surface area contributed by atoms with E-state index in [1.165, 1.54) is 0 Å². The maximum atomic E-state index is 13.1. The molecule has 7 heteroatoms. The van der Waals surface area contributed by atoms with Gasteiger partial charge in [-0.1, -0.05) is 0 Å². The lowest BCUT2D eigenvalue weighted by Crippen LogP contribution is -2.34. The molecule has 1 aliphatic rings. The Morgan fingerprint density at radius 2 is 2.11 bits per heavy atom. The summed E-state index contributed by atoms with van der Waals surface area (Å²) in [5, 5.41) is 16.4. The van der Waals surface area contributed by atoms with Gasteiger partial charge in [-0.3, -0.25) is 14.9 Å². The first kappa shape index (κ1) is 13.4. The molecule has 2 rings (SSSR count). The number of hydrogen-bond acceptors (Lipinski definition) is 4. The number of nitro groups is 1. The van der Waals surface area contributed by atoms with E-state index < -0.39 is 10.7 Å². The van der Waals surface area contributed by atoms with Gasteiger partial charge in [0.2, 0.25) is 5.91 Å². The molecule has 1 aromatic carbocycles. The number of anilines is 1. The van der Waals surface area contributed by atoms with Crippen LogP contribution in [0.4, 0.5) is 15.8 Å². The summed E-state index contributed by atoms with van der Waals surface area (Å²) in [4.78, 5) is 22.1. The second kappa shape index (κ2) is 5.75. The van der Waals surface area contributed by atoms with Crippen molar-refractivity contribution in [2.75, 3.05) is 18.4 Å². The predicted octanol–water partition coefficient (Wildman–Crippen LogP) is 1.67. The molecule has 1 aromatic rings. The second-order valence-corrected chi connectivity index (χ2v) is 4.43. The first-order valence-electron chi connectivity index (χ1n) is 6.03. The summed E-state index contributed by atoms with van der Waals surface area (Å²) >= 11 is 0. The molecule has 0 bridgehead atoms. The van der Waals surface area contributed by atoms with E-state index in [4.69, 9.17) is 0 Å². The molecule has 19 heavy (non-hydrogen) atoms. The van der Waals surface area contributed by atoms with E-state index in [2.05, 4.69) is 10.6 Å². The Bertz CT molecular complexity index is 501. The van der Waals surface area contributed by atoms with E-state index in [1.807, 2.05) is 0 Å². The largest absolute Gasteiger partial charge is 0.320 e. The van der Waals surface area contributed by atoms with Gasteiger partial charge in [-0.2, -0.15) is 0 Å². The van der Waals surface area contributed by atoms with Crippen LogP contribution in [0.3, 0.4) is 0 Å². The smallest absolute Gasteiger partial charge is 0.292 e. The summed E-state index contributed by atoms with van der Waals surface area (Å²) in [6.07, 6.45) is 1.35. The Balaban J connectivity index is 2.15. The fraction of sp³-hybridized carbons (Fsp3) is 0.417. The maximum Gasteiger partial charge on any atom is 0.292 e. The Labute approximate surface area is 109 Å². The number of amides is 1. The number of halogens is 1. The highest BCUT2D eigenvalue weighted by atomic mass is 19.1. The molecule has 1 aliphatic heterocycles. The third kappa shape index (κ3) is 3.25. The fourth-order valence-corrected chi connectivity index (χ4v) is 2.09. The van der Waals surface area contributed by atoms with Gasteiger partial charge in [-0.05, 0) is 32.0 Å². The van der Waals surface area contributed by atoms with Gasteiger partial charge >= 0.3 is 0 Å². The van der Waals surface area contributed by atoms with Crippen LogP contribution in [-0.2, 0) is 4.79 Å². The Kier molecular flexibility index (Phi) is 4.06. The first-order valence-corrected chi connectivity index (χ1v) is 6.03.